The van der Waals surface area contributed by atoms with Gasteiger partial charge in [0.15, 0.2) is 0 Å². The maximum absolute atomic E-state index is 12.2. The molecule has 0 amide bonds. The highest BCUT2D eigenvalue weighted by atomic mass is 32.2. The van der Waals surface area contributed by atoms with E-state index >= 15 is 0 Å². The van der Waals surface area contributed by atoms with E-state index in [-0.39, 0.29) is 11.4 Å². The van der Waals surface area contributed by atoms with E-state index in [2.05, 4.69) is 4.72 Å². The van der Waals surface area contributed by atoms with Crippen molar-refractivity contribution < 1.29 is 17.6 Å². The number of methoxy groups -OCH3 is 1. The van der Waals surface area contributed by atoms with Crippen molar-refractivity contribution in [2.45, 2.75) is 18.4 Å². The van der Waals surface area contributed by atoms with Gasteiger partial charge in [-0.2, -0.15) is 0 Å². The summed E-state index contributed by atoms with van der Waals surface area (Å²) in [5.74, 6) is 0.868. The van der Waals surface area contributed by atoms with Gasteiger partial charge in [0.25, 0.3) is 0 Å². The minimum atomic E-state index is -3.64. The van der Waals surface area contributed by atoms with Crippen molar-refractivity contribution in [3.8, 4) is 5.75 Å². The minimum absolute atomic E-state index is 0.104. The molecule has 0 fully saturated rings. The summed E-state index contributed by atoms with van der Waals surface area (Å²) < 4.78 is 37.1. The molecule has 1 aromatic carbocycles. The number of aryl methyl sites for hydroxylation is 1. The molecule has 2 rings (SSSR count). The van der Waals surface area contributed by atoms with Crippen LogP contribution in [-0.2, 0) is 16.6 Å². The number of hydrogen-bond acceptors (Lipinski definition) is 4. The van der Waals surface area contributed by atoms with Crippen LogP contribution in [0.3, 0.4) is 0 Å². The number of furan rings is 1. The van der Waals surface area contributed by atoms with Crippen molar-refractivity contribution in [3.63, 3.8) is 0 Å². The monoisotopic (exact) mass is 281 g/mol. The van der Waals surface area contributed by atoms with Gasteiger partial charge in [-0.1, -0.05) is 6.07 Å². The predicted molar refractivity (Wildman–Crippen MR) is 70.5 cm³/mol. The minimum Gasteiger partial charge on any atom is -0.495 e. The van der Waals surface area contributed by atoms with E-state index < -0.39 is 10.0 Å². The van der Waals surface area contributed by atoms with Crippen LogP contribution in [0, 0.1) is 6.92 Å². The van der Waals surface area contributed by atoms with Crippen LogP contribution in [0.4, 0.5) is 0 Å². The molecule has 0 radical (unpaired) electrons. The fourth-order valence-electron chi connectivity index (χ4n) is 1.65. The van der Waals surface area contributed by atoms with Gasteiger partial charge >= 0.3 is 0 Å². The molecule has 0 aliphatic rings. The zero-order valence-electron chi connectivity index (χ0n) is 10.7. The zero-order valence-corrected chi connectivity index (χ0v) is 11.5. The molecule has 1 heterocycles. The first-order valence-electron chi connectivity index (χ1n) is 5.69. The third-order valence-corrected chi connectivity index (χ3v) is 4.05. The van der Waals surface area contributed by atoms with Gasteiger partial charge in [0.1, 0.15) is 16.4 Å². The van der Waals surface area contributed by atoms with E-state index in [1.165, 1.54) is 13.4 Å². The highest BCUT2D eigenvalue weighted by Gasteiger charge is 2.19. The molecule has 0 aliphatic carbocycles. The summed E-state index contributed by atoms with van der Waals surface area (Å²) in [6.45, 7) is 1.93. The zero-order chi connectivity index (χ0) is 13.9. The van der Waals surface area contributed by atoms with Crippen molar-refractivity contribution >= 4 is 10.0 Å². The number of hydrogen-bond donors (Lipinski definition) is 1. The van der Waals surface area contributed by atoms with Crippen molar-refractivity contribution in [1.29, 1.82) is 0 Å². The molecule has 19 heavy (non-hydrogen) atoms. The Morgan fingerprint density at radius 3 is 2.74 bits per heavy atom. The maximum Gasteiger partial charge on any atom is 0.244 e. The number of benzene rings is 1. The van der Waals surface area contributed by atoms with Gasteiger partial charge in [-0.15, -0.1) is 0 Å². The van der Waals surface area contributed by atoms with Crippen LogP contribution >= 0.6 is 0 Å². The number of rotatable bonds is 5. The van der Waals surface area contributed by atoms with Crippen LogP contribution in [0.5, 0.6) is 5.75 Å². The molecule has 5 nitrogen and oxygen atoms in total. The summed E-state index contributed by atoms with van der Waals surface area (Å²) in [6, 6.07) is 8.41. The van der Waals surface area contributed by atoms with Crippen LogP contribution in [0.15, 0.2) is 45.9 Å². The largest absolute Gasteiger partial charge is 0.495 e. The van der Waals surface area contributed by atoms with Crippen molar-refractivity contribution in [1.82, 2.24) is 4.72 Å². The first-order chi connectivity index (χ1) is 9.03. The Labute approximate surface area is 112 Å². The van der Waals surface area contributed by atoms with Gasteiger partial charge in [0, 0.05) is 0 Å². The molecule has 0 saturated heterocycles. The first kappa shape index (κ1) is 13.6. The Morgan fingerprint density at radius 2 is 2.11 bits per heavy atom. The molecule has 1 aromatic heterocycles. The lowest BCUT2D eigenvalue weighted by atomic mass is 10.2. The van der Waals surface area contributed by atoms with Crippen LogP contribution < -0.4 is 9.46 Å². The van der Waals surface area contributed by atoms with E-state index in [0.717, 1.165) is 5.56 Å². The standard InChI is InChI=1S/C13H15NO4S/c1-10-5-6-12(17-2)13(8-10)19(15,16)14-9-11-4-3-7-18-11/h3-8,14H,9H2,1-2H3. The van der Waals surface area contributed by atoms with Crippen molar-refractivity contribution in [2.75, 3.05) is 7.11 Å². The Bertz CT molecular complexity index is 647. The molecular weight excluding hydrogens is 266 g/mol. The molecule has 0 unspecified atom stereocenters. The molecule has 0 bridgehead atoms. The highest BCUT2D eigenvalue weighted by Crippen LogP contribution is 2.24. The molecule has 0 saturated carbocycles. The second kappa shape index (κ2) is 5.46. The van der Waals surface area contributed by atoms with E-state index in [1.54, 1.807) is 30.3 Å². The Balaban J connectivity index is 2.26. The smallest absolute Gasteiger partial charge is 0.244 e. The molecule has 6 heteroatoms. The fourth-order valence-corrected chi connectivity index (χ4v) is 2.90. The van der Waals surface area contributed by atoms with Gasteiger partial charge in [-0.25, -0.2) is 13.1 Å². The van der Waals surface area contributed by atoms with Crippen molar-refractivity contribution in [3.05, 3.63) is 47.9 Å². The molecule has 1 N–H and O–H groups in total. The van der Waals surface area contributed by atoms with Gasteiger partial charge < -0.3 is 9.15 Å². The number of sulfonamides is 1. The first-order valence-corrected chi connectivity index (χ1v) is 7.18. The average Bonchev–Trinajstić information content (AvgIpc) is 2.89. The van der Waals surface area contributed by atoms with Crippen LogP contribution in [0.25, 0.3) is 0 Å². The summed E-state index contributed by atoms with van der Waals surface area (Å²) in [4.78, 5) is 0.126. The van der Waals surface area contributed by atoms with E-state index in [9.17, 15) is 8.42 Å². The van der Waals surface area contributed by atoms with Gasteiger partial charge in [-0.3, -0.25) is 0 Å². The van der Waals surface area contributed by atoms with Gasteiger partial charge in [0.2, 0.25) is 10.0 Å². The SMILES string of the molecule is COc1ccc(C)cc1S(=O)(=O)NCc1ccco1. The van der Waals surface area contributed by atoms with Gasteiger partial charge in [-0.05, 0) is 36.8 Å². The summed E-state index contributed by atoms with van der Waals surface area (Å²) in [5, 5.41) is 0. The topological polar surface area (TPSA) is 68.5 Å². The summed E-state index contributed by atoms with van der Waals surface area (Å²) in [5.41, 5.74) is 0.846. The molecule has 102 valence electrons. The number of nitrogens with one attached hydrogen (secondary N) is 1. The van der Waals surface area contributed by atoms with E-state index in [0.29, 0.717) is 11.5 Å². The second-order valence-corrected chi connectivity index (χ2v) is 5.79. The summed E-state index contributed by atoms with van der Waals surface area (Å²) in [6.07, 6.45) is 1.50. The Morgan fingerprint density at radius 1 is 1.32 bits per heavy atom. The predicted octanol–water partition coefficient (Wildman–Crippen LogP) is 2.08. The highest BCUT2D eigenvalue weighted by molar-refractivity contribution is 7.89. The average molecular weight is 281 g/mol. The van der Waals surface area contributed by atoms with E-state index in [4.69, 9.17) is 9.15 Å². The fraction of sp³-hybridized carbons (Fsp3) is 0.231. The Hall–Kier alpha value is -1.79. The number of ether oxygens (including phenoxy) is 1. The van der Waals surface area contributed by atoms with Crippen LogP contribution in [-0.4, -0.2) is 15.5 Å². The van der Waals surface area contributed by atoms with Gasteiger partial charge in [0.05, 0.1) is 19.9 Å². The molecular formula is C13H15NO4S. The summed E-state index contributed by atoms with van der Waals surface area (Å²) >= 11 is 0. The quantitative estimate of drug-likeness (QED) is 0.911. The normalized spacial score (nSPS) is 11.5. The summed E-state index contributed by atoms with van der Waals surface area (Å²) in [7, 11) is -2.20. The Kier molecular flexibility index (Phi) is 3.92. The van der Waals surface area contributed by atoms with Crippen LogP contribution in [0.1, 0.15) is 11.3 Å². The van der Waals surface area contributed by atoms with Crippen molar-refractivity contribution in [2.24, 2.45) is 0 Å². The third-order valence-electron chi connectivity index (χ3n) is 2.63. The molecule has 0 atom stereocenters. The van der Waals surface area contributed by atoms with E-state index in [1.807, 2.05) is 6.92 Å². The lowest BCUT2D eigenvalue weighted by molar-refractivity contribution is 0.402. The van der Waals surface area contributed by atoms with Crippen LogP contribution in [0.2, 0.25) is 0 Å². The third kappa shape index (κ3) is 3.15. The lowest BCUT2D eigenvalue weighted by Crippen LogP contribution is -2.23. The lowest BCUT2D eigenvalue weighted by Gasteiger charge is -2.10. The molecule has 0 aliphatic heterocycles. The molecule has 2 aromatic rings. The second-order valence-electron chi connectivity index (χ2n) is 4.06. The molecule has 0 spiro atoms. The maximum atomic E-state index is 12.2.